The van der Waals surface area contributed by atoms with Crippen LogP contribution in [0.25, 0.3) is 0 Å². The molecule has 1 aliphatic rings. The Kier molecular flexibility index (Phi) is 5.73. The van der Waals surface area contributed by atoms with E-state index in [1.807, 2.05) is 24.3 Å². The van der Waals surface area contributed by atoms with Crippen LogP contribution < -0.4 is 11.1 Å². The highest BCUT2D eigenvalue weighted by Crippen LogP contribution is 2.14. The first-order valence-electron chi connectivity index (χ1n) is 7.56. The summed E-state index contributed by atoms with van der Waals surface area (Å²) in [6.07, 6.45) is 2.26. The van der Waals surface area contributed by atoms with E-state index < -0.39 is 0 Å². The first-order chi connectivity index (χ1) is 10.1. The number of benzene rings is 1. The average molecular weight is 290 g/mol. The zero-order valence-electron chi connectivity index (χ0n) is 13.0. The molecule has 1 aliphatic heterocycles. The minimum atomic E-state index is 0.0486. The Morgan fingerprint density at radius 3 is 2.71 bits per heavy atom. The molecule has 3 N–H and O–H groups in total. The van der Waals surface area contributed by atoms with E-state index >= 15 is 0 Å². The van der Waals surface area contributed by atoms with E-state index in [1.165, 1.54) is 0 Å². The van der Waals surface area contributed by atoms with Gasteiger partial charge in [0, 0.05) is 31.4 Å². The molecule has 1 amide bonds. The summed E-state index contributed by atoms with van der Waals surface area (Å²) in [6, 6.07) is 8.35. The van der Waals surface area contributed by atoms with Crippen LogP contribution in [-0.4, -0.2) is 55.5 Å². The van der Waals surface area contributed by atoms with E-state index in [4.69, 9.17) is 5.73 Å². The standard InChI is InChI=1S/C16H26N4O/c1-19(2)15-6-8-20(9-7-15)12-16(21)18-14-5-3-4-13(10-14)11-17/h3-5,10,15H,6-9,11-12,17H2,1-2H3,(H,18,21). The summed E-state index contributed by atoms with van der Waals surface area (Å²) in [7, 11) is 4.24. The zero-order chi connectivity index (χ0) is 15.2. The van der Waals surface area contributed by atoms with Gasteiger partial charge in [0.25, 0.3) is 0 Å². The number of hydrogen-bond donors (Lipinski definition) is 2. The molecule has 1 saturated heterocycles. The fraction of sp³-hybridized carbons (Fsp3) is 0.562. The van der Waals surface area contributed by atoms with Gasteiger partial charge in [-0.15, -0.1) is 0 Å². The minimum Gasteiger partial charge on any atom is -0.326 e. The SMILES string of the molecule is CN(C)C1CCN(CC(=O)Nc2cccc(CN)c2)CC1. The van der Waals surface area contributed by atoms with Gasteiger partial charge in [0.05, 0.1) is 6.54 Å². The van der Waals surface area contributed by atoms with E-state index in [2.05, 4.69) is 29.2 Å². The second-order valence-electron chi connectivity index (χ2n) is 5.92. The van der Waals surface area contributed by atoms with Crippen LogP contribution in [0.15, 0.2) is 24.3 Å². The van der Waals surface area contributed by atoms with E-state index in [-0.39, 0.29) is 5.91 Å². The highest BCUT2D eigenvalue weighted by atomic mass is 16.2. The topological polar surface area (TPSA) is 61.6 Å². The third-order valence-electron chi connectivity index (χ3n) is 4.10. The highest BCUT2D eigenvalue weighted by molar-refractivity contribution is 5.92. The third-order valence-corrected chi connectivity index (χ3v) is 4.10. The lowest BCUT2D eigenvalue weighted by molar-refractivity contribution is -0.117. The van der Waals surface area contributed by atoms with E-state index in [0.717, 1.165) is 37.2 Å². The first kappa shape index (κ1) is 15.9. The van der Waals surface area contributed by atoms with Crippen LogP contribution in [0.4, 0.5) is 5.69 Å². The number of rotatable bonds is 5. The Hall–Kier alpha value is -1.43. The summed E-state index contributed by atoms with van der Waals surface area (Å²) in [5, 5.41) is 2.95. The molecule has 1 aromatic rings. The van der Waals surface area contributed by atoms with Crippen molar-refractivity contribution in [1.82, 2.24) is 9.80 Å². The van der Waals surface area contributed by atoms with Crippen molar-refractivity contribution in [2.45, 2.75) is 25.4 Å². The molecule has 1 heterocycles. The molecule has 116 valence electrons. The van der Waals surface area contributed by atoms with Gasteiger partial charge >= 0.3 is 0 Å². The van der Waals surface area contributed by atoms with Gasteiger partial charge in [0.1, 0.15) is 0 Å². The largest absolute Gasteiger partial charge is 0.326 e. The van der Waals surface area contributed by atoms with Crippen molar-refractivity contribution < 1.29 is 4.79 Å². The lowest BCUT2D eigenvalue weighted by Gasteiger charge is -2.34. The van der Waals surface area contributed by atoms with E-state index in [9.17, 15) is 4.79 Å². The Bertz CT molecular complexity index is 467. The van der Waals surface area contributed by atoms with Gasteiger partial charge in [-0.3, -0.25) is 9.69 Å². The van der Waals surface area contributed by atoms with Crippen LogP contribution in [0.5, 0.6) is 0 Å². The average Bonchev–Trinajstić information content (AvgIpc) is 2.47. The van der Waals surface area contributed by atoms with Gasteiger partial charge in [-0.05, 0) is 44.6 Å². The quantitative estimate of drug-likeness (QED) is 0.853. The summed E-state index contributed by atoms with van der Waals surface area (Å²) in [4.78, 5) is 16.6. The molecule has 0 bridgehead atoms. The predicted octanol–water partition coefficient (Wildman–Crippen LogP) is 1.11. The Labute approximate surface area is 127 Å². The molecule has 0 atom stereocenters. The summed E-state index contributed by atoms with van der Waals surface area (Å²) < 4.78 is 0. The fourth-order valence-corrected chi connectivity index (χ4v) is 2.77. The Morgan fingerprint density at radius 2 is 2.10 bits per heavy atom. The van der Waals surface area contributed by atoms with Gasteiger partial charge in [-0.2, -0.15) is 0 Å². The van der Waals surface area contributed by atoms with Crippen LogP contribution in [0.2, 0.25) is 0 Å². The smallest absolute Gasteiger partial charge is 0.238 e. The van der Waals surface area contributed by atoms with Crippen molar-refractivity contribution in [3.05, 3.63) is 29.8 Å². The predicted molar refractivity (Wildman–Crippen MR) is 86.1 cm³/mol. The third kappa shape index (κ3) is 4.81. The maximum absolute atomic E-state index is 12.1. The molecule has 0 radical (unpaired) electrons. The number of nitrogens with two attached hydrogens (primary N) is 1. The molecule has 2 rings (SSSR count). The zero-order valence-corrected chi connectivity index (χ0v) is 13.0. The summed E-state index contributed by atoms with van der Waals surface area (Å²) >= 11 is 0. The normalized spacial score (nSPS) is 17.1. The number of nitrogens with zero attached hydrogens (tertiary/aromatic N) is 2. The van der Waals surface area contributed by atoms with Crippen molar-refractivity contribution in [3.63, 3.8) is 0 Å². The van der Waals surface area contributed by atoms with Crippen molar-refractivity contribution in [1.29, 1.82) is 0 Å². The maximum Gasteiger partial charge on any atom is 0.238 e. The molecule has 1 aromatic carbocycles. The van der Waals surface area contributed by atoms with Gasteiger partial charge in [-0.25, -0.2) is 0 Å². The molecule has 1 fully saturated rings. The molecule has 0 unspecified atom stereocenters. The monoisotopic (exact) mass is 290 g/mol. The van der Waals surface area contributed by atoms with Crippen molar-refractivity contribution in [2.75, 3.05) is 39.0 Å². The number of carbonyl (C=O) groups is 1. The van der Waals surface area contributed by atoms with Gasteiger partial charge in [0.15, 0.2) is 0 Å². The molecule has 0 saturated carbocycles. The molecule has 0 aromatic heterocycles. The number of carbonyl (C=O) groups excluding carboxylic acids is 1. The van der Waals surface area contributed by atoms with E-state index in [0.29, 0.717) is 19.1 Å². The second-order valence-corrected chi connectivity index (χ2v) is 5.92. The summed E-state index contributed by atoms with van der Waals surface area (Å²) in [5.41, 5.74) is 7.46. The molecular formula is C16H26N4O. The van der Waals surface area contributed by atoms with Crippen LogP contribution in [0.1, 0.15) is 18.4 Å². The first-order valence-corrected chi connectivity index (χ1v) is 7.56. The number of nitrogens with one attached hydrogen (secondary N) is 1. The molecular weight excluding hydrogens is 264 g/mol. The fourth-order valence-electron chi connectivity index (χ4n) is 2.77. The summed E-state index contributed by atoms with van der Waals surface area (Å²) in [6.45, 7) is 2.92. The summed E-state index contributed by atoms with van der Waals surface area (Å²) in [5.74, 6) is 0.0486. The van der Waals surface area contributed by atoms with Crippen molar-refractivity contribution in [2.24, 2.45) is 5.73 Å². The minimum absolute atomic E-state index is 0.0486. The highest BCUT2D eigenvalue weighted by Gasteiger charge is 2.21. The molecule has 5 nitrogen and oxygen atoms in total. The maximum atomic E-state index is 12.1. The number of piperidine rings is 1. The van der Waals surface area contributed by atoms with Crippen LogP contribution in [0.3, 0.4) is 0 Å². The van der Waals surface area contributed by atoms with Crippen molar-refractivity contribution in [3.8, 4) is 0 Å². The lowest BCUT2D eigenvalue weighted by atomic mass is 10.0. The van der Waals surface area contributed by atoms with Crippen LogP contribution in [0, 0.1) is 0 Å². The Balaban J connectivity index is 1.80. The van der Waals surface area contributed by atoms with E-state index in [1.54, 1.807) is 0 Å². The number of amides is 1. The number of hydrogen-bond acceptors (Lipinski definition) is 4. The van der Waals surface area contributed by atoms with Gasteiger partial charge in [-0.1, -0.05) is 12.1 Å². The van der Waals surface area contributed by atoms with Gasteiger partial charge in [0.2, 0.25) is 5.91 Å². The van der Waals surface area contributed by atoms with Crippen molar-refractivity contribution >= 4 is 11.6 Å². The number of anilines is 1. The number of likely N-dealkylation sites (tertiary alicyclic amines) is 1. The van der Waals surface area contributed by atoms with Gasteiger partial charge < -0.3 is 16.0 Å². The Morgan fingerprint density at radius 1 is 1.38 bits per heavy atom. The van der Waals surface area contributed by atoms with Crippen LogP contribution >= 0.6 is 0 Å². The van der Waals surface area contributed by atoms with Crippen LogP contribution in [-0.2, 0) is 11.3 Å². The second kappa shape index (κ2) is 7.54. The molecule has 0 spiro atoms. The molecule has 0 aliphatic carbocycles. The lowest BCUT2D eigenvalue weighted by Crippen LogP contribution is -2.44. The molecule has 5 heteroatoms. The molecule has 21 heavy (non-hydrogen) atoms.